The molecule has 1 fully saturated rings. The zero-order valence-corrected chi connectivity index (χ0v) is 19.9. The molecule has 0 unspecified atom stereocenters. The summed E-state index contributed by atoms with van der Waals surface area (Å²) >= 11 is 0. The first-order chi connectivity index (χ1) is 17.5. The van der Waals surface area contributed by atoms with Crippen LogP contribution < -0.4 is 5.69 Å². The Kier molecular flexibility index (Phi) is 6.25. The average molecular weight is 485 g/mol. The van der Waals surface area contributed by atoms with E-state index in [9.17, 15) is 14.0 Å². The maximum absolute atomic E-state index is 13.8. The molecule has 0 N–H and O–H groups in total. The van der Waals surface area contributed by atoms with E-state index in [-0.39, 0.29) is 18.1 Å². The minimum absolute atomic E-state index is 0.108. The van der Waals surface area contributed by atoms with E-state index < -0.39 is 6.67 Å². The summed E-state index contributed by atoms with van der Waals surface area (Å²) in [4.78, 5) is 28.7. The molecule has 1 saturated heterocycles. The van der Waals surface area contributed by atoms with Crippen molar-refractivity contribution in [2.24, 2.45) is 0 Å². The van der Waals surface area contributed by atoms with Crippen molar-refractivity contribution in [3.8, 4) is 28.8 Å². The highest BCUT2D eigenvalue weighted by Crippen LogP contribution is 2.28. The molecule has 2 aromatic carbocycles. The van der Waals surface area contributed by atoms with Gasteiger partial charge in [-0.1, -0.05) is 12.1 Å². The van der Waals surface area contributed by atoms with Crippen molar-refractivity contribution in [3.63, 3.8) is 0 Å². The van der Waals surface area contributed by atoms with Gasteiger partial charge in [0, 0.05) is 13.1 Å². The lowest BCUT2D eigenvalue weighted by molar-refractivity contribution is -0.130. The Morgan fingerprint density at radius 1 is 1.08 bits per heavy atom. The van der Waals surface area contributed by atoms with Gasteiger partial charge >= 0.3 is 5.69 Å². The molecule has 8 nitrogen and oxygen atoms in total. The SMILES string of the molecule is Cc1c(-c2ccnn2-c2ccc(C#N)cc2)n(CC(=O)N2CCCC2)c(=O)n1-c1cccc(CF)c1. The van der Waals surface area contributed by atoms with Gasteiger partial charge in [0.15, 0.2) is 0 Å². The lowest BCUT2D eigenvalue weighted by atomic mass is 10.2. The molecule has 0 radical (unpaired) electrons. The Morgan fingerprint density at radius 3 is 2.53 bits per heavy atom. The van der Waals surface area contributed by atoms with E-state index in [4.69, 9.17) is 5.26 Å². The number of alkyl halides is 1. The summed E-state index contributed by atoms with van der Waals surface area (Å²) in [7, 11) is 0. The van der Waals surface area contributed by atoms with E-state index in [0.717, 1.165) is 12.8 Å². The van der Waals surface area contributed by atoms with Crippen LogP contribution in [0.5, 0.6) is 0 Å². The first-order valence-corrected chi connectivity index (χ1v) is 11.8. The van der Waals surface area contributed by atoms with E-state index in [1.165, 1.54) is 9.13 Å². The van der Waals surface area contributed by atoms with Crippen LogP contribution in [0.1, 0.15) is 29.7 Å². The van der Waals surface area contributed by atoms with Crippen LogP contribution in [0.25, 0.3) is 22.8 Å². The molecule has 4 aromatic rings. The Bertz CT molecular complexity index is 1520. The third-order valence-corrected chi connectivity index (χ3v) is 6.57. The second kappa shape index (κ2) is 9.66. The van der Waals surface area contributed by atoms with Gasteiger partial charge in [-0.2, -0.15) is 10.4 Å². The summed E-state index contributed by atoms with van der Waals surface area (Å²) in [6.07, 6.45) is 3.54. The first-order valence-electron chi connectivity index (χ1n) is 11.8. The number of imidazole rings is 1. The zero-order chi connectivity index (χ0) is 25.2. The monoisotopic (exact) mass is 484 g/mol. The van der Waals surface area contributed by atoms with E-state index in [2.05, 4.69) is 11.2 Å². The number of aromatic nitrogens is 4. The largest absolute Gasteiger partial charge is 0.341 e. The Morgan fingerprint density at radius 2 is 1.83 bits per heavy atom. The second-order valence-corrected chi connectivity index (χ2v) is 8.82. The number of hydrogen-bond donors (Lipinski definition) is 0. The van der Waals surface area contributed by atoms with E-state index >= 15 is 0 Å². The number of rotatable bonds is 6. The van der Waals surface area contributed by atoms with Crippen LogP contribution in [0.15, 0.2) is 65.6 Å². The number of likely N-dealkylation sites (tertiary alicyclic amines) is 1. The second-order valence-electron chi connectivity index (χ2n) is 8.82. The molecule has 182 valence electrons. The minimum Gasteiger partial charge on any atom is -0.341 e. The van der Waals surface area contributed by atoms with Crippen LogP contribution >= 0.6 is 0 Å². The highest BCUT2D eigenvalue weighted by Gasteiger charge is 2.26. The van der Waals surface area contributed by atoms with Crippen molar-refractivity contribution >= 4 is 5.91 Å². The van der Waals surface area contributed by atoms with E-state index in [0.29, 0.717) is 52.7 Å². The third-order valence-electron chi connectivity index (χ3n) is 6.57. The summed E-state index contributed by atoms with van der Waals surface area (Å²) in [5.41, 5.74) is 3.65. The molecule has 1 aliphatic heterocycles. The number of halogens is 1. The van der Waals surface area contributed by atoms with Crippen molar-refractivity contribution in [2.75, 3.05) is 13.1 Å². The number of nitriles is 1. The minimum atomic E-state index is -0.645. The molecular weight excluding hydrogens is 459 g/mol. The Labute approximate surface area is 207 Å². The highest BCUT2D eigenvalue weighted by atomic mass is 19.1. The summed E-state index contributed by atoms with van der Waals surface area (Å²) in [5, 5.41) is 13.6. The molecule has 9 heteroatoms. The fourth-order valence-electron chi connectivity index (χ4n) is 4.78. The third kappa shape index (κ3) is 4.11. The first kappa shape index (κ1) is 23.3. The summed E-state index contributed by atoms with van der Waals surface area (Å²) in [6.45, 7) is 2.43. The number of nitrogens with zero attached hydrogens (tertiary/aromatic N) is 6. The van der Waals surface area contributed by atoms with Crippen LogP contribution in [0.3, 0.4) is 0 Å². The molecule has 5 rings (SSSR count). The molecule has 0 spiro atoms. The fourth-order valence-corrected chi connectivity index (χ4v) is 4.78. The van der Waals surface area contributed by atoms with Crippen molar-refractivity contribution in [1.29, 1.82) is 5.26 Å². The predicted molar refractivity (Wildman–Crippen MR) is 133 cm³/mol. The average Bonchev–Trinajstić information content (AvgIpc) is 3.65. The van der Waals surface area contributed by atoms with Crippen LogP contribution in [-0.2, 0) is 18.0 Å². The van der Waals surface area contributed by atoms with Crippen LogP contribution in [0.4, 0.5) is 4.39 Å². The van der Waals surface area contributed by atoms with Gasteiger partial charge < -0.3 is 4.90 Å². The lowest BCUT2D eigenvalue weighted by Gasteiger charge is -2.17. The smallest absolute Gasteiger partial charge is 0.333 e. The van der Waals surface area contributed by atoms with Crippen molar-refractivity contribution in [3.05, 3.63) is 88.1 Å². The highest BCUT2D eigenvalue weighted by molar-refractivity contribution is 5.77. The molecule has 0 bridgehead atoms. The zero-order valence-electron chi connectivity index (χ0n) is 19.9. The number of carbonyl (C=O) groups is 1. The molecule has 2 aromatic heterocycles. The van der Waals surface area contributed by atoms with Gasteiger partial charge in [-0.25, -0.2) is 13.9 Å². The maximum atomic E-state index is 13.8. The molecule has 3 heterocycles. The Hall–Kier alpha value is -4.45. The van der Waals surface area contributed by atoms with Gasteiger partial charge in [0.2, 0.25) is 5.91 Å². The van der Waals surface area contributed by atoms with Crippen molar-refractivity contribution in [1.82, 2.24) is 23.8 Å². The number of hydrogen-bond acceptors (Lipinski definition) is 4. The quantitative estimate of drug-likeness (QED) is 0.417. The number of amides is 1. The van der Waals surface area contributed by atoms with E-state index in [1.807, 2.05) is 6.92 Å². The van der Waals surface area contributed by atoms with Gasteiger partial charge in [0.25, 0.3) is 0 Å². The topological polar surface area (TPSA) is 88.8 Å². The standard InChI is InChI=1S/C27H25FN6O2/c1-19-26(24-11-12-30-34(24)22-9-7-20(17-29)8-10-22)32(18-25(35)31-13-2-3-14-31)27(36)33(19)23-6-4-5-21(15-23)16-28/h4-12,15H,2-3,13-14,16,18H2,1H3. The van der Waals surface area contributed by atoms with Crippen molar-refractivity contribution < 1.29 is 9.18 Å². The lowest BCUT2D eigenvalue weighted by Crippen LogP contribution is -2.35. The Balaban J connectivity index is 1.68. The van der Waals surface area contributed by atoms with Gasteiger partial charge in [0.1, 0.15) is 13.2 Å². The summed E-state index contributed by atoms with van der Waals surface area (Å²) in [5.74, 6) is -0.116. The number of carbonyl (C=O) groups excluding carboxylic acids is 1. The van der Waals surface area contributed by atoms with Gasteiger partial charge in [-0.05, 0) is 67.8 Å². The normalized spacial score (nSPS) is 13.2. The van der Waals surface area contributed by atoms with Gasteiger partial charge in [0.05, 0.1) is 46.3 Å². The predicted octanol–water partition coefficient (Wildman–Crippen LogP) is 3.76. The molecule has 0 aliphatic carbocycles. The molecule has 0 saturated carbocycles. The molecule has 1 amide bonds. The molecular formula is C27H25FN6O2. The number of benzene rings is 2. The van der Waals surface area contributed by atoms with Crippen molar-refractivity contribution in [2.45, 2.75) is 33.0 Å². The van der Waals surface area contributed by atoms with Crippen LogP contribution in [0.2, 0.25) is 0 Å². The molecule has 0 atom stereocenters. The van der Waals surface area contributed by atoms with Gasteiger partial charge in [-0.3, -0.25) is 13.9 Å². The summed E-state index contributed by atoms with van der Waals surface area (Å²) in [6, 6.07) is 17.6. The van der Waals surface area contributed by atoms with Crippen LogP contribution in [0, 0.1) is 18.3 Å². The van der Waals surface area contributed by atoms with Crippen LogP contribution in [-0.4, -0.2) is 42.8 Å². The maximum Gasteiger partial charge on any atom is 0.333 e. The molecule has 36 heavy (non-hydrogen) atoms. The summed E-state index contributed by atoms with van der Waals surface area (Å²) < 4.78 is 18.1. The van der Waals surface area contributed by atoms with Gasteiger partial charge in [-0.15, -0.1) is 0 Å². The fraction of sp³-hybridized carbons (Fsp3) is 0.259. The van der Waals surface area contributed by atoms with E-state index in [1.54, 1.807) is 70.4 Å². The molecule has 1 aliphatic rings.